The van der Waals surface area contributed by atoms with Crippen LogP contribution in [0.2, 0.25) is 1.41 Å². The van der Waals surface area contributed by atoms with Crippen molar-refractivity contribution in [3.05, 3.63) is 0 Å². The zero-order chi connectivity index (χ0) is 4.50. The number of quaternary nitrogens is 1. The number of nitrogens with one attached hydrogen (secondary N) is 1. The van der Waals surface area contributed by atoms with Crippen LogP contribution in [0.3, 0.4) is 0 Å². The van der Waals surface area contributed by atoms with Gasteiger partial charge in [0, 0.05) is 0 Å². The second kappa shape index (κ2) is 1.30. The predicted molar refractivity (Wildman–Crippen MR) is 18.7 cm³/mol. The molecule has 0 aromatic carbocycles. The lowest BCUT2D eigenvalue weighted by atomic mass is 11.0. The van der Waals surface area contributed by atoms with Gasteiger partial charge < -0.3 is 4.89 Å². The van der Waals surface area contributed by atoms with E-state index in [1.165, 1.54) is 0 Å². The zero-order valence-electron chi connectivity index (χ0n) is 4.45. The van der Waals surface area contributed by atoms with Crippen LogP contribution in [0.25, 0.3) is 0 Å². The molecule has 0 amide bonds. The van der Waals surface area contributed by atoms with Gasteiger partial charge in [-0.3, -0.25) is 0 Å². The van der Waals surface area contributed by atoms with Gasteiger partial charge >= 0.3 is 1.41 Å². The molecule has 0 aromatic rings. The van der Waals surface area contributed by atoms with Crippen LogP contribution in [0.4, 0.5) is 0 Å². The second-order valence-corrected chi connectivity index (χ2v) is 1.34. The maximum Gasteiger partial charge on any atom is 0.347 e. The third kappa shape index (κ3) is 1130. The Morgan fingerprint density at radius 1 is 1.50 bits per heavy atom. The summed E-state index contributed by atoms with van der Waals surface area (Å²) in [7, 11) is 5.38. The van der Waals surface area contributed by atoms with Crippen molar-refractivity contribution in [3.63, 3.8) is 0 Å². The van der Waals surface area contributed by atoms with Gasteiger partial charge in [0.25, 0.3) is 0 Å². The van der Waals surface area contributed by atoms with Crippen LogP contribution >= 0.6 is 0 Å². The van der Waals surface area contributed by atoms with Crippen LogP contribution in [0.5, 0.6) is 0 Å². The molecule has 26 valence electrons. The molecule has 0 bridgehead atoms. The van der Waals surface area contributed by atoms with E-state index in [-0.39, 0.29) is 4.89 Å². The lowest BCUT2D eigenvalue weighted by Crippen LogP contribution is -3.02. The quantitative estimate of drug-likeness (QED) is 0.358. The Kier molecular flexibility index (Phi) is 0.718. The highest BCUT2D eigenvalue weighted by Crippen LogP contribution is 0.864. The lowest BCUT2D eigenvalue weighted by molar-refractivity contribution is -0.836. The first-order valence-electron chi connectivity index (χ1n) is 1.79. The molecule has 0 heterocycles. The van der Waals surface area contributed by atoms with Crippen LogP contribution in [-0.2, 0) is 0 Å². The molecular weight excluding hydrogens is 50.0 g/mol. The summed E-state index contributed by atoms with van der Waals surface area (Å²) in [6.45, 7) is 0. The summed E-state index contributed by atoms with van der Waals surface area (Å²) in [6, 6.07) is 0. The molecule has 0 aromatic heterocycles. The Hall–Kier alpha value is -0.0400. The first-order chi connectivity index (χ1) is 2.00. The van der Waals surface area contributed by atoms with Crippen molar-refractivity contribution in [1.29, 1.82) is 0 Å². The van der Waals surface area contributed by atoms with E-state index < -0.39 is 0 Å². The summed E-state index contributed by atoms with van der Waals surface area (Å²) >= 11 is 0. The molecule has 0 aliphatic rings. The topological polar surface area (TPSA) is 4.44 Å². The summed E-state index contributed by atoms with van der Waals surface area (Å²) in [5, 5.41) is 0. The molecule has 0 saturated carbocycles. The van der Waals surface area contributed by atoms with Gasteiger partial charge in [-0.15, -0.1) is 0 Å². The molecule has 0 fully saturated rings. The fourth-order valence-corrected chi connectivity index (χ4v) is 0. The van der Waals surface area contributed by atoms with Crippen molar-refractivity contribution in [2.45, 2.75) is 0 Å². The van der Waals surface area contributed by atoms with Gasteiger partial charge in [-0.1, -0.05) is 0 Å². The van der Waals surface area contributed by atoms with Gasteiger partial charge in [0.15, 0.2) is 0 Å². The molecule has 0 spiro atoms. The van der Waals surface area contributed by atoms with E-state index in [0.29, 0.717) is 0 Å². The monoisotopic (exact) mass is 62.1 g/mol. The van der Waals surface area contributed by atoms with E-state index in [2.05, 4.69) is 0 Å². The maximum absolute atomic E-state index is 6.88. The van der Waals surface area contributed by atoms with Crippen molar-refractivity contribution in [2.24, 2.45) is 0 Å². The molecule has 0 unspecified atom stereocenters. The van der Waals surface area contributed by atoms with Crippen LogP contribution in [0.15, 0.2) is 0 Å². The van der Waals surface area contributed by atoms with Gasteiger partial charge in [-0.05, 0) is 0 Å². The highest BCUT2D eigenvalue weighted by molar-refractivity contribution is 3.59. The summed E-state index contributed by atoms with van der Waals surface area (Å²) in [5.41, 5.74) is 0. The molecule has 4 heavy (non-hydrogen) atoms. The highest BCUT2D eigenvalue weighted by Gasteiger charge is 1.61. The first kappa shape index (κ1) is 2.21. The van der Waals surface area contributed by atoms with E-state index in [1.54, 1.807) is 21.1 Å². The van der Waals surface area contributed by atoms with Gasteiger partial charge in [0.2, 0.25) is 0 Å². The second-order valence-electron chi connectivity index (χ2n) is 1.34. The predicted octanol–water partition coefficient (Wildman–Crippen LogP) is -1.24. The Bertz CT molecular complexity index is 22.4. The van der Waals surface area contributed by atoms with Crippen LogP contribution < -0.4 is 4.89 Å². The van der Waals surface area contributed by atoms with E-state index in [4.69, 9.17) is 1.41 Å². The third-order valence-electron chi connectivity index (χ3n) is 0. The molecule has 0 aliphatic carbocycles. The van der Waals surface area contributed by atoms with Gasteiger partial charge in [0.05, 0.1) is 21.1 Å². The Labute approximate surface area is 28.7 Å². The molecule has 1 N–H and O–H groups in total. The average molecular weight is 62.1 g/mol. The molecule has 0 atom stereocenters. The molecular formula is C3H10N+. The van der Waals surface area contributed by atoms with Gasteiger partial charge in [0.1, 0.15) is 0 Å². The normalized spacial score (nSPS) is 15.2. The molecule has 0 saturated heterocycles. The van der Waals surface area contributed by atoms with Crippen molar-refractivity contribution in [2.75, 3.05) is 21.1 Å². The minimum absolute atomic E-state index is 0.250. The number of hydrogen-bond donors (Lipinski definition) is 1. The fraction of sp³-hybridized carbons (Fsp3) is 1.00. The summed E-state index contributed by atoms with van der Waals surface area (Å²) in [4.78, 5) is 0.250. The number of rotatable bonds is 0. The first-order valence-corrected chi connectivity index (χ1v) is 1.34. The minimum atomic E-state index is 0.250. The number of hydrogen-bond acceptors (Lipinski definition) is 0. The third-order valence-corrected chi connectivity index (χ3v) is 0. The summed E-state index contributed by atoms with van der Waals surface area (Å²) in [6.07, 6.45) is 0. The molecule has 0 radical (unpaired) electrons. The van der Waals surface area contributed by atoms with Crippen LogP contribution in [0, 0.1) is 0 Å². The van der Waals surface area contributed by atoms with Crippen molar-refractivity contribution < 1.29 is 6.30 Å². The lowest BCUT2D eigenvalue weighted by Gasteiger charge is -1.88. The Morgan fingerprint density at radius 3 is 1.50 bits per heavy atom. The standard InChI is InChI=1S/C3H9N/c1-4(2)3/h1-3H3/p+1/i/hT. The van der Waals surface area contributed by atoms with Crippen molar-refractivity contribution in [3.8, 4) is 0 Å². The largest absolute Gasteiger partial charge is 0.347 e. The van der Waals surface area contributed by atoms with E-state index in [0.717, 1.165) is 0 Å². The van der Waals surface area contributed by atoms with Gasteiger partial charge in [-0.2, -0.15) is 0 Å². The molecule has 1 nitrogen and oxygen atoms in total. The smallest absolute Gasteiger partial charge is 0.342 e. The Balaban J connectivity index is 3.02. The van der Waals surface area contributed by atoms with Crippen molar-refractivity contribution >= 4 is 0 Å². The average Bonchev–Trinajstić information content (AvgIpc) is 0.722. The van der Waals surface area contributed by atoms with Crippen LogP contribution in [0.1, 0.15) is 0 Å². The van der Waals surface area contributed by atoms with E-state index >= 15 is 0 Å². The van der Waals surface area contributed by atoms with Gasteiger partial charge in [-0.25, -0.2) is 0 Å². The summed E-state index contributed by atoms with van der Waals surface area (Å²) < 4.78 is 6.88. The Morgan fingerprint density at radius 2 is 1.50 bits per heavy atom. The molecule has 0 rings (SSSR count). The van der Waals surface area contributed by atoms with E-state index in [1.807, 2.05) is 0 Å². The zero-order valence-corrected chi connectivity index (χ0v) is 3.45. The minimum Gasteiger partial charge on any atom is -0.342 e. The highest BCUT2D eigenvalue weighted by atomic mass is 15.0. The van der Waals surface area contributed by atoms with Crippen LogP contribution in [-0.4, -0.2) is 21.1 Å². The molecule has 1 heteroatoms. The van der Waals surface area contributed by atoms with Crippen molar-refractivity contribution in [1.82, 2.24) is 0 Å². The summed E-state index contributed by atoms with van der Waals surface area (Å²) in [5.74, 6) is 0. The molecule has 0 aliphatic heterocycles. The van der Waals surface area contributed by atoms with E-state index in [9.17, 15) is 0 Å². The SMILES string of the molecule is [3H][N+](C)(C)C. The fourth-order valence-electron chi connectivity index (χ4n) is 0. The maximum atomic E-state index is 6.88.